The molecule has 0 radical (unpaired) electrons. The first kappa shape index (κ1) is 13.9. The topological polar surface area (TPSA) is 72.7 Å². The van der Waals surface area contributed by atoms with Crippen LogP contribution in [0.4, 0.5) is 5.82 Å². The molecule has 0 atom stereocenters. The fourth-order valence-electron chi connectivity index (χ4n) is 1.99. The summed E-state index contributed by atoms with van der Waals surface area (Å²) in [6, 6.07) is 10.0. The first-order valence-electron chi connectivity index (χ1n) is 6.87. The molecule has 2 aromatic heterocycles. The molecule has 3 aromatic rings. The van der Waals surface area contributed by atoms with Gasteiger partial charge < -0.3 is 5.32 Å². The number of hydrogen-bond acceptors (Lipinski definition) is 4. The van der Waals surface area contributed by atoms with Crippen molar-refractivity contribution in [1.29, 1.82) is 0 Å². The molecule has 22 heavy (non-hydrogen) atoms. The molecule has 0 aliphatic rings. The van der Waals surface area contributed by atoms with Gasteiger partial charge in [-0.3, -0.25) is 14.5 Å². The van der Waals surface area contributed by atoms with Crippen LogP contribution in [-0.2, 0) is 6.54 Å². The first-order chi connectivity index (χ1) is 10.7. The van der Waals surface area contributed by atoms with E-state index in [2.05, 4.69) is 51.6 Å². The number of benzene rings is 1. The van der Waals surface area contributed by atoms with Gasteiger partial charge >= 0.3 is 0 Å². The molecule has 6 heteroatoms. The third-order valence-corrected chi connectivity index (χ3v) is 3.14. The first-order valence-corrected chi connectivity index (χ1v) is 6.87. The molecule has 0 fully saturated rings. The SMILES string of the molecule is Cc1ccc(Cn2ccc(NC(=O)c3cnccn3)n2)cc1. The third kappa shape index (κ3) is 3.35. The van der Waals surface area contributed by atoms with Crippen molar-refractivity contribution < 1.29 is 4.79 Å². The van der Waals surface area contributed by atoms with Crippen molar-refractivity contribution in [3.8, 4) is 0 Å². The van der Waals surface area contributed by atoms with Crippen LogP contribution in [0.5, 0.6) is 0 Å². The normalized spacial score (nSPS) is 10.4. The summed E-state index contributed by atoms with van der Waals surface area (Å²) < 4.78 is 1.77. The molecule has 1 amide bonds. The van der Waals surface area contributed by atoms with E-state index in [-0.39, 0.29) is 11.6 Å². The highest BCUT2D eigenvalue weighted by Gasteiger charge is 2.09. The lowest BCUT2D eigenvalue weighted by Crippen LogP contribution is -2.14. The van der Waals surface area contributed by atoms with Gasteiger partial charge in [0.25, 0.3) is 5.91 Å². The average molecular weight is 293 g/mol. The van der Waals surface area contributed by atoms with Crippen LogP contribution >= 0.6 is 0 Å². The Hall–Kier alpha value is -3.02. The van der Waals surface area contributed by atoms with Gasteiger partial charge in [0.2, 0.25) is 0 Å². The molecular formula is C16H15N5O. The lowest BCUT2D eigenvalue weighted by Gasteiger charge is -2.03. The lowest BCUT2D eigenvalue weighted by atomic mass is 10.1. The fourth-order valence-corrected chi connectivity index (χ4v) is 1.99. The molecule has 3 rings (SSSR count). The number of aryl methyl sites for hydroxylation is 1. The number of aromatic nitrogens is 4. The molecular weight excluding hydrogens is 278 g/mol. The van der Waals surface area contributed by atoms with E-state index in [9.17, 15) is 4.79 Å². The molecule has 110 valence electrons. The van der Waals surface area contributed by atoms with Crippen molar-refractivity contribution in [3.63, 3.8) is 0 Å². The summed E-state index contributed by atoms with van der Waals surface area (Å²) in [5, 5.41) is 7.03. The predicted octanol–water partition coefficient (Wildman–Crippen LogP) is 2.28. The van der Waals surface area contributed by atoms with E-state index in [4.69, 9.17) is 0 Å². The Bertz CT molecular complexity index is 765. The number of carbonyl (C=O) groups excluding carboxylic acids is 1. The number of rotatable bonds is 4. The minimum atomic E-state index is -0.325. The fraction of sp³-hybridized carbons (Fsp3) is 0.125. The van der Waals surface area contributed by atoms with Gasteiger partial charge in [-0.05, 0) is 12.5 Å². The number of nitrogens with zero attached hydrogens (tertiary/aromatic N) is 4. The van der Waals surface area contributed by atoms with Crippen LogP contribution in [0.15, 0.2) is 55.1 Å². The second-order valence-corrected chi connectivity index (χ2v) is 4.93. The summed E-state index contributed by atoms with van der Waals surface area (Å²) in [6.07, 6.45) is 6.24. The van der Waals surface area contributed by atoms with Gasteiger partial charge in [0.15, 0.2) is 5.82 Å². The number of nitrogens with one attached hydrogen (secondary N) is 1. The third-order valence-electron chi connectivity index (χ3n) is 3.14. The van der Waals surface area contributed by atoms with Crippen molar-refractivity contribution >= 4 is 11.7 Å². The summed E-state index contributed by atoms with van der Waals surface area (Å²) in [7, 11) is 0. The number of hydrogen-bond donors (Lipinski definition) is 1. The second-order valence-electron chi connectivity index (χ2n) is 4.93. The van der Waals surface area contributed by atoms with Gasteiger partial charge in [-0.25, -0.2) is 4.98 Å². The van der Waals surface area contributed by atoms with Crippen LogP contribution in [0, 0.1) is 6.92 Å². The molecule has 0 aliphatic heterocycles. The highest BCUT2D eigenvalue weighted by molar-refractivity contribution is 6.01. The van der Waals surface area contributed by atoms with Crippen molar-refractivity contribution in [2.24, 2.45) is 0 Å². The van der Waals surface area contributed by atoms with Gasteiger partial charge in [-0.15, -0.1) is 0 Å². The van der Waals surface area contributed by atoms with Gasteiger partial charge in [0.05, 0.1) is 12.7 Å². The van der Waals surface area contributed by atoms with E-state index < -0.39 is 0 Å². The molecule has 0 saturated heterocycles. The Labute approximate surface area is 127 Å². The largest absolute Gasteiger partial charge is 0.304 e. The average Bonchev–Trinajstić information content (AvgIpc) is 2.97. The lowest BCUT2D eigenvalue weighted by molar-refractivity contribution is 0.102. The summed E-state index contributed by atoms with van der Waals surface area (Å²) in [5.74, 6) is 0.163. The zero-order valence-electron chi connectivity index (χ0n) is 12.1. The van der Waals surface area contributed by atoms with Crippen LogP contribution in [0.3, 0.4) is 0 Å². The zero-order chi connectivity index (χ0) is 15.4. The minimum Gasteiger partial charge on any atom is -0.304 e. The van der Waals surface area contributed by atoms with Crippen molar-refractivity contribution in [3.05, 3.63) is 71.9 Å². The molecule has 1 N–H and O–H groups in total. The zero-order valence-corrected chi connectivity index (χ0v) is 12.1. The predicted molar refractivity (Wildman–Crippen MR) is 82.5 cm³/mol. The minimum absolute atomic E-state index is 0.260. The molecule has 0 spiro atoms. The van der Waals surface area contributed by atoms with E-state index in [1.165, 1.54) is 24.2 Å². The Morgan fingerprint density at radius 1 is 1.18 bits per heavy atom. The maximum Gasteiger partial charge on any atom is 0.277 e. The maximum absolute atomic E-state index is 12.0. The van der Waals surface area contributed by atoms with Crippen LogP contribution in [0.2, 0.25) is 0 Å². The molecule has 1 aromatic carbocycles. The molecule has 2 heterocycles. The standard InChI is InChI=1S/C16H15N5O/c1-12-2-4-13(5-3-12)11-21-9-6-15(20-21)19-16(22)14-10-17-7-8-18-14/h2-10H,11H2,1H3,(H,19,20,22). The smallest absolute Gasteiger partial charge is 0.277 e. The van der Waals surface area contributed by atoms with E-state index in [1.54, 1.807) is 10.7 Å². The number of carbonyl (C=O) groups is 1. The van der Waals surface area contributed by atoms with Crippen LogP contribution < -0.4 is 5.32 Å². The monoisotopic (exact) mass is 293 g/mol. The van der Waals surface area contributed by atoms with Gasteiger partial charge in [-0.2, -0.15) is 5.10 Å². The molecule has 0 aliphatic carbocycles. The highest BCUT2D eigenvalue weighted by Crippen LogP contribution is 2.08. The van der Waals surface area contributed by atoms with E-state index in [0.29, 0.717) is 12.4 Å². The second kappa shape index (κ2) is 6.17. The Morgan fingerprint density at radius 2 is 2.00 bits per heavy atom. The molecule has 0 bridgehead atoms. The summed E-state index contributed by atoms with van der Waals surface area (Å²) in [6.45, 7) is 2.71. The number of amides is 1. The van der Waals surface area contributed by atoms with Crippen molar-refractivity contribution in [2.75, 3.05) is 5.32 Å². The van der Waals surface area contributed by atoms with Gasteiger partial charge in [-0.1, -0.05) is 29.8 Å². The van der Waals surface area contributed by atoms with Gasteiger partial charge in [0, 0.05) is 24.7 Å². The summed E-state index contributed by atoms with van der Waals surface area (Å²) >= 11 is 0. The number of anilines is 1. The van der Waals surface area contributed by atoms with Crippen LogP contribution in [-0.4, -0.2) is 25.7 Å². The quantitative estimate of drug-likeness (QED) is 0.801. The van der Waals surface area contributed by atoms with Crippen LogP contribution in [0.1, 0.15) is 21.6 Å². The van der Waals surface area contributed by atoms with E-state index >= 15 is 0 Å². The Balaban J connectivity index is 1.66. The van der Waals surface area contributed by atoms with E-state index in [1.807, 2.05) is 6.20 Å². The maximum atomic E-state index is 12.0. The van der Waals surface area contributed by atoms with Crippen molar-refractivity contribution in [2.45, 2.75) is 13.5 Å². The molecule has 0 saturated carbocycles. The molecule has 6 nitrogen and oxygen atoms in total. The Kier molecular flexibility index (Phi) is 3.91. The highest BCUT2D eigenvalue weighted by atomic mass is 16.2. The van der Waals surface area contributed by atoms with Gasteiger partial charge in [0.1, 0.15) is 5.69 Å². The van der Waals surface area contributed by atoms with Crippen LogP contribution in [0.25, 0.3) is 0 Å². The summed E-state index contributed by atoms with van der Waals surface area (Å²) in [5.41, 5.74) is 2.64. The van der Waals surface area contributed by atoms with E-state index in [0.717, 1.165) is 5.56 Å². The van der Waals surface area contributed by atoms with Crippen molar-refractivity contribution in [1.82, 2.24) is 19.7 Å². The Morgan fingerprint density at radius 3 is 2.73 bits per heavy atom. The molecule has 0 unspecified atom stereocenters. The summed E-state index contributed by atoms with van der Waals surface area (Å²) in [4.78, 5) is 19.8.